The molecule has 0 atom stereocenters. The first kappa shape index (κ1) is 15.6. The third-order valence-corrected chi connectivity index (χ3v) is 3.75. The van der Waals surface area contributed by atoms with Crippen molar-refractivity contribution in [2.24, 2.45) is 0 Å². The molecule has 6 heteroatoms. The van der Waals surface area contributed by atoms with Crippen molar-refractivity contribution in [1.82, 2.24) is 9.38 Å². The summed E-state index contributed by atoms with van der Waals surface area (Å²) in [6.07, 6.45) is 7.76. The van der Waals surface area contributed by atoms with Crippen LogP contribution < -0.4 is 4.74 Å². The molecule has 0 N–H and O–H groups in total. The summed E-state index contributed by atoms with van der Waals surface area (Å²) in [5.41, 5.74) is 2.98. The van der Waals surface area contributed by atoms with E-state index in [1.807, 2.05) is 23.6 Å². The standard InChI is InChI=1S/C18H15N3O3/c1-3-7-15-13(2)19-18-17(10-6-11-20(15)18)24-12-14-8-4-5-9-16(14)21(22)23/h1,4-6,8-11H,7,12H2,2H3. The summed E-state index contributed by atoms with van der Waals surface area (Å²) < 4.78 is 7.70. The quantitative estimate of drug-likeness (QED) is 0.411. The number of ether oxygens (including phenoxy) is 1. The van der Waals surface area contributed by atoms with E-state index >= 15 is 0 Å². The zero-order chi connectivity index (χ0) is 17.1. The highest BCUT2D eigenvalue weighted by molar-refractivity contribution is 5.56. The molecule has 24 heavy (non-hydrogen) atoms. The topological polar surface area (TPSA) is 69.7 Å². The lowest BCUT2D eigenvalue weighted by atomic mass is 10.2. The Labute approximate surface area is 138 Å². The second-order valence-corrected chi connectivity index (χ2v) is 5.27. The van der Waals surface area contributed by atoms with Crippen LogP contribution in [0, 0.1) is 29.4 Å². The average molecular weight is 321 g/mol. The fourth-order valence-corrected chi connectivity index (χ4v) is 2.59. The lowest BCUT2D eigenvalue weighted by Gasteiger charge is -2.08. The number of imidazole rings is 1. The second-order valence-electron chi connectivity index (χ2n) is 5.27. The van der Waals surface area contributed by atoms with Gasteiger partial charge in [0.1, 0.15) is 6.61 Å². The molecule has 0 bridgehead atoms. The lowest BCUT2D eigenvalue weighted by molar-refractivity contribution is -0.385. The van der Waals surface area contributed by atoms with Gasteiger partial charge >= 0.3 is 0 Å². The van der Waals surface area contributed by atoms with Crippen molar-refractivity contribution in [1.29, 1.82) is 0 Å². The van der Waals surface area contributed by atoms with Crippen molar-refractivity contribution in [3.63, 3.8) is 0 Å². The molecule has 0 aliphatic carbocycles. The molecule has 0 unspecified atom stereocenters. The van der Waals surface area contributed by atoms with Crippen molar-refractivity contribution in [2.75, 3.05) is 0 Å². The van der Waals surface area contributed by atoms with E-state index in [9.17, 15) is 10.1 Å². The van der Waals surface area contributed by atoms with Gasteiger partial charge in [0.15, 0.2) is 11.4 Å². The van der Waals surface area contributed by atoms with Gasteiger partial charge in [0.2, 0.25) is 0 Å². The second kappa shape index (κ2) is 6.42. The molecule has 0 aliphatic heterocycles. The summed E-state index contributed by atoms with van der Waals surface area (Å²) in [5, 5.41) is 11.1. The van der Waals surface area contributed by atoms with Gasteiger partial charge in [-0.25, -0.2) is 4.98 Å². The fourth-order valence-electron chi connectivity index (χ4n) is 2.59. The van der Waals surface area contributed by atoms with Crippen LogP contribution in [0.25, 0.3) is 5.65 Å². The molecule has 6 nitrogen and oxygen atoms in total. The molecule has 1 aromatic carbocycles. The van der Waals surface area contributed by atoms with E-state index in [4.69, 9.17) is 11.2 Å². The van der Waals surface area contributed by atoms with Gasteiger partial charge in [-0.1, -0.05) is 12.1 Å². The van der Waals surface area contributed by atoms with Gasteiger partial charge < -0.3 is 4.74 Å². The predicted molar refractivity (Wildman–Crippen MR) is 89.9 cm³/mol. The van der Waals surface area contributed by atoms with Gasteiger partial charge in [-0.2, -0.15) is 0 Å². The van der Waals surface area contributed by atoms with Crippen molar-refractivity contribution in [3.8, 4) is 18.1 Å². The minimum absolute atomic E-state index is 0.0389. The molecule has 120 valence electrons. The molecule has 2 heterocycles. The van der Waals surface area contributed by atoms with Crippen molar-refractivity contribution < 1.29 is 9.66 Å². The van der Waals surface area contributed by atoms with Gasteiger partial charge in [-0.15, -0.1) is 12.3 Å². The molecular formula is C18H15N3O3. The van der Waals surface area contributed by atoms with E-state index in [-0.39, 0.29) is 12.3 Å². The maximum Gasteiger partial charge on any atom is 0.276 e. The van der Waals surface area contributed by atoms with Gasteiger partial charge in [-0.3, -0.25) is 14.5 Å². The Kier molecular flexibility index (Phi) is 4.17. The predicted octanol–water partition coefficient (Wildman–Crippen LogP) is 3.31. The summed E-state index contributed by atoms with van der Waals surface area (Å²) in [5.74, 6) is 3.18. The number of nitrogens with zero attached hydrogens (tertiary/aromatic N) is 3. The molecule has 0 spiro atoms. The molecule has 0 aliphatic rings. The van der Waals surface area contributed by atoms with Crippen LogP contribution in [-0.2, 0) is 13.0 Å². The third-order valence-electron chi connectivity index (χ3n) is 3.75. The van der Waals surface area contributed by atoms with Crippen LogP contribution in [-0.4, -0.2) is 14.3 Å². The highest BCUT2D eigenvalue weighted by atomic mass is 16.6. The molecule has 3 aromatic rings. The van der Waals surface area contributed by atoms with E-state index in [0.717, 1.165) is 11.4 Å². The molecule has 0 amide bonds. The molecule has 2 aromatic heterocycles. The summed E-state index contributed by atoms with van der Waals surface area (Å²) in [6.45, 7) is 1.98. The largest absolute Gasteiger partial charge is 0.485 e. The van der Waals surface area contributed by atoms with E-state index in [1.165, 1.54) is 6.07 Å². The molecular weight excluding hydrogens is 306 g/mol. The highest BCUT2D eigenvalue weighted by Crippen LogP contribution is 2.25. The number of para-hydroxylation sites is 1. The number of hydrogen-bond acceptors (Lipinski definition) is 4. The Balaban J connectivity index is 1.93. The van der Waals surface area contributed by atoms with Gasteiger partial charge in [0, 0.05) is 12.3 Å². The Morgan fingerprint density at radius 2 is 2.12 bits per heavy atom. The van der Waals surface area contributed by atoms with Crippen LogP contribution in [0.4, 0.5) is 5.69 Å². The number of benzene rings is 1. The zero-order valence-electron chi connectivity index (χ0n) is 13.1. The highest BCUT2D eigenvalue weighted by Gasteiger charge is 2.15. The number of terminal acetylenes is 1. The first-order chi connectivity index (χ1) is 11.6. The Morgan fingerprint density at radius 1 is 1.33 bits per heavy atom. The summed E-state index contributed by atoms with van der Waals surface area (Å²) in [6, 6.07) is 10.1. The number of fused-ring (bicyclic) bond motifs is 1. The number of nitro benzene ring substituents is 1. The van der Waals surface area contributed by atoms with Crippen molar-refractivity contribution >= 4 is 11.3 Å². The van der Waals surface area contributed by atoms with Crippen LogP contribution in [0.3, 0.4) is 0 Å². The smallest absolute Gasteiger partial charge is 0.276 e. The third kappa shape index (κ3) is 2.79. The van der Waals surface area contributed by atoms with Crippen LogP contribution in [0.5, 0.6) is 5.75 Å². The monoisotopic (exact) mass is 321 g/mol. The lowest BCUT2D eigenvalue weighted by Crippen LogP contribution is -2.02. The van der Waals surface area contributed by atoms with Gasteiger partial charge in [0.05, 0.1) is 28.3 Å². The maximum absolute atomic E-state index is 11.1. The average Bonchev–Trinajstić information content (AvgIpc) is 2.90. The number of rotatable bonds is 5. The number of nitro groups is 1. The number of hydrogen-bond donors (Lipinski definition) is 0. The molecule has 3 rings (SSSR count). The Bertz CT molecular complexity index is 954. The minimum atomic E-state index is -0.413. The Hall–Kier alpha value is -3.33. The zero-order valence-corrected chi connectivity index (χ0v) is 13.1. The van der Waals surface area contributed by atoms with Gasteiger partial charge in [-0.05, 0) is 25.1 Å². The van der Waals surface area contributed by atoms with E-state index in [2.05, 4.69) is 10.9 Å². The minimum Gasteiger partial charge on any atom is -0.485 e. The normalized spacial score (nSPS) is 10.5. The fraction of sp³-hybridized carbons (Fsp3) is 0.167. The molecule has 0 saturated heterocycles. The number of aryl methyl sites for hydroxylation is 1. The Morgan fingerprint density at radius 3 is 2.88 bits per heavy atom. The van der Waals surface area contributed by atoms with Crippen molar-refractivity contribution in [2.45, 2.75) is 20.0 Å². The van der Waals surface area contributed by atoms with Gasteiger partial charge in [0.25, 0.3) is 5.69 Å². The summed E-state index contributed by atoms with van der Waals surface area (Å²) in [4.78, 5) is 15.2. The van der Waals surface area contributed by atoms with Crippen LogP contribution in [0.1, 0.15) is 17.0 Å². The summed E-state index contributed by atoms with van der Waals surface area (Å²) in [7, 11) is 0. The molecule has 0 fully saturated rings. The van der Waals surface area contributed by atoms with Crippen molar-refractivity contribution in [3.05, 3.63) is 69.7 Å². The SMILES string of the molecule is C#CCc1c(C)nc2c(OCc3ccccc3[N+](=O)[O-])cccn12. The summed E-state index contributed by atoms with van der Waals surface area (Å²) >= 11 is 0. The number of aromatic nitrogens is 2. The van der Waals surface area contributed by atoms with E-state index in [0.29, 0.717) is 23.4 Å². The van der Waals surface area contributed by atoms with Crippen LogP contribution >= 0.6 is 0 Å². The van der Waals surface area contributed by atoms with E-state index in [1.54, 1.807) is 24.3 Å². The van der Waals surface area contributed by atoms with E-state index < -0.39 is 4.92 Å². The van der Waals surface area contributed by atoms with Crippen LogP contribution in [0.15, 0.2) is 42.6 Å². The maximum atomic E-state index is 11.1. The molecule has 0 radical (unpaired) electrons. The molecule has 0 saturated carbocycles. The first-order valence-corrected chi connectivity index (χ1v) is 7.37. The van der Waals surface area contributed by atoms with Crippen LogP contribution in [0.2, 0.25) is 0 Å². The first-order valence-electron chi connectivity index (χ1n) is 7.37. The number of pyridine rings is 1.